The summed E-state index contributed by atoms with van der Waals surface area (Å²) in [5.41, 5.74) is 2.23. The van der Waals surface area contributed by atoms with Crippen molar-refractivity contribution in [2.75, 3.05) is 12.8 Å². The molecule has 2 aromatic carbocycles. The average molecular weight is 336 g/mol. The van der Waals surface area contributed by atoms with Gasteiger partial charge < -0.3 is 5.32 Å². The molecule has 0 saturated heterocycles. The molecule has 0 bridgehead atoms. The Bertz CT molecular complexity index is 730. The van der Waals surface area contributed by atoms with Crippen molar-refractivity contribution in [2.24, 2.45) is 0 Å². The number of nitrogens with one attached hydrogen (secondary N) is 1. The number of rotatable bonds is 7. The van der Waals surface area contributed by atoms with E-state index in [1.807, 2.05) is 54.8 Å². The first kappa shape index (κ1) is 17.8. The van der Waals surface area contributed by atoms with E-state index < -0.39 is 0 Å². The van der Waals surface area contributed by atoms with Gasteiger partial charge in [0.2, 0.25) is 0 Å². The SMILES string of the molecule is CSc1ccc(/C=C(/C#N)C(=O)NCCCc2ccccc2)cc1. The van der Waals surface area contributed by atoms with E-state index in [0.717, 1.165) is 23.3 Å². The van der Waals surface area contributed by atoms with E-state index in [0.29, 0.717) is 6.54 Å². The highest BCUT2D eigenvalue weighted by molar-refractivity contribution is 7.98. The maximum atomic E-state index is 12.1. The Morgan fingerprint density at radius 1 is 1.17 bits per heavy atom. The molecule has 0 radical (unpaired) electrons. The molecule has 0 aromatic heterocycles. The standard InChI is InChI=1S/C20H20N2OS/c1-24-19-11-9-17(10-12-19)14-18(15-21)20(23)22-13-5-8-16-6-3-2-4-7-16/h2-4,6-7,9-12,14H,5,8,13H2,1H3,(H,22,23)/b18-14-. The number of hydrogen-bond acceptors (Lipinski definition) is 3. The van der Waals surface area contributed by atoms with Gasteiger partial charge in [-0.1, -0.05) is 42.5 Å². The van der Waals surface area contributed by atoms with Gasteiger partial charge in [0.1, 0.15) is 11.6 Å². The second-order valence-corrected chi connectivity index (χ2v) is 6.17. The van der Waals surface area contributed by atoms with Crippen molar-refractivity contribution in [1.29, 1.82) is 5.26 Å². The first-order valence-electron chi connectivity index (χ1n) is 7.81. The molecule has 0 aliphatic heterocycles. The number of thioether (sulfide) groups is 1. The number of carbonyl (C=O) groups excluding carboxylic acids is 1. The molecule has 24 heavy (non-hydrogen) atoms. The van der Waals surface area contributed by atoms with E-state index in [1.165, 1.54) is 5.56 Å². The first-order chi connectivity index (χ1) is 11.7. The lowest BCUT2D eigenvalue weighted by atomic mass is 10.1. The van der Waals surface area contributed by atoms with Crippen molar-refractivity contribution in [2.45, 2.75) is 17.7 Å². The van der Waals surface area contributed by atoms with Crippen LogP contribution in [0.1, 0.15) is 17.5 Å². The molecular weight excluding hydrogens is 316 g/mol. The molecule has 1 amide bonds. The quantitative estimate of drug-likeness (QED) is 0.359. The molecular formula is C20H20N2OS. The predicted octanol–water partition coefficient (Wildman–Crippen LogP) is 4.06. The van der Waals surface area contributed by atoms with Gasteiger partial charge in [0.15, 0.2) is 0 Å². The van der Waals surface area contributed by atoms with Gasteiger partial charge in [-0.15, -0.1) is 11.8 Å². The van der Waals surface area contributed by atoms with E-state index in [9.17, 15) is 10.1 Å². The van der Waals surface area contributed by atoms with Crippen LogP contribution in [0.15, 0.2) is 65.1 Å². The number of carbonyl (C=O) groups is 1. The van der Waals surface area contributed by atoms with Gasteiger partial charge in [0.25, 0.3) is 5.91 Å². The number of benzene rings is 2. The summed E-state index contributed by atoms with van der Waals surface area (Å²) in [6.07, 6.45) is 5.38. The summed E-state index contributed by atoms with van der Waals surface area (Å²) in [5.74, 6) is -0.320. The zero-order chi connectivity index (χ0) is 17.2. The Kier molecular flexibility index (Phi) is 7.13. The fourth-order valence-corrected chi connectivity index (χ4v) is 2.66. The second kappa shape index (κ2) is 9.59. The van der Waals surface area contributed by atoms with Crippen LogP contribution in [0.2, 0.25) is 0 Å². The topological polar surface area (TPSA) is 52.9 Å². The van der Waals surface area contributed by atoms with Crippen molar-refractivity contribution < 1.29 is 4.79 Å². The van der Waals surface area contributed by atoms with E-state index >= 15 is 0 Å². The highest BCUT2D eigenvalue weighted by atomic mass is 32.2. The maximum Gasteiger partial charge on any atom is 0.261 e. The van der Waals surface area contributed by atoms with Gasteiger partial charge in [-0.25, -0.2) is 0 Å². The normalized spacial score (nSPS) is 10.9. The zero-order valence-corrected chi connectivity index (χ0v) is 14.5. The van der Waals surface area contributed by atoms with Crippen LogP contribution in [0.5, 0.6) is 0 Å². The van der Waals surface area contributed by atoms with Crippen molar-refractivity contribution in [3.05, 3.63) is 71.3 Å². The van der Waals surface area contributed by atoms with Crippen LogP contribution in [-0.2, 0) is 11.2 Å². The number of aryl methyl sites for hydroxylation is 1. The predicted molar refractivity (Wildman–Crippen MR) is 99.6 cm³/mol. The van der Waals surface area contributed by atoms with Gasteiger partial charge in [0, 0.05) is 11.4 Å². The highest BCUT2D eigenvalue weighted by Crippen LogP contribution is 2.16. The molecule has 1 N–H and O–H groups in total. The summed E-state index contributed by atoms with van der Waals surface area (Å²) in [6.45, 7) is 0.554. The summed E-state index contributed by atoms with van der Waals surface area (Å²) in [5, 5.41) is 12.0. The Morgan fingerprint density at radius 3 is 2.50 bits per heavy atom. The largest absolute Gasteiger partial charge is 0.351 e. The lowest BCUT2D eigenvalue weighted by Gasteiger charge is -2.05. The molecule has 0 atom stereocenters. The van der Waals surface area contributed by atoms with Crippen molar-refractivity contribution in [3.63, 3.8) is 0 Å². The van der Waals surface area contributed by atoms with Crippen molar-refractivity contribution in [1.82, 2.24) is 5.32 Å². The smallest absolute Gasteiger partial charge is 0.261 e. The third kappa shape index (κ3) is 5.60. The van der Waals surface area contributed by atoms with Crippen LogP contribution in [0.4, 0.5) is 0 Å². The Hall–Kier alpha value is -2.51. The molecule has 122 valence electrons. The minimum atomic E-state index is -0.320. The average Bonchev–Trinajstić information content (AvgIpc) is 2.64. The van der Waals surface area contributed by atoms with E-state index in [2.05, 4.69) is 17.4 Å². The molecule has 0 unspecified atom stereocenters. The van der Waals surface area contributed by atoms with E-state index in [1.54, 1.807) is 17.8 Å². The van der Waals surface area contributed by atoms with Gasteiger partial charge in [-0.3, -0.25) is 4.79 Å². The van der Waals surface area contributed by atoms with Crippen molar-refractivity contribution >= 4 is 23.7 Å². The molecule has 0 aliphatic rings. The lowest BCUT2D eigenvalue weighted by molar-refractivity contribution is -0.117. The third-order valence-electron chi connectivity index (χ3n) is 3.56. The molecule has 0 heterocycles. The minimum absolute atomic E-state index is 0.131. The van der Waals surface area contributed by atoms with Crippen molar-refractivity contribution in [3.8, 4) is 6.07 Å². The van der Waals surface area contributed by atoms with Gasteiger partial charge in [-0.05, 0) is 48.4 Å². The zero-order valence-electron chi connectivity index (χ0n) is 13.7. The summed E-state index contributed by atoms with van der Waals surface area (Å²) < 4.78 is 0. The molecule has 0 saturated carbocycles. The van der Waals surface area contributed by atoms with Crippen LogP contribution >= 0.6 is 11.8 Å². The number of amides is 1. The highest BCUT2D eigenvalue weighted by Gasteiger charge is 2.08. The lowest BCUT2D eigenvalue weighted by Crippen LogP contribution is -2.25. The van der Waals surface area contributed by atoms with Crippen LogP contribution in [-0.4, -0.2) is 18.7 Å². The van der Waals surface area contributed by atoms with Gasteiger partial charge >= 0.3 is 0 Å². The van der Waals surface area contributed by atoms with Crippen LogP contribution < -0.4 is 5.32 Å². The van der Waals surface area contributed by atoms with Crippen LogP contribution in [0.25, 0.3) is 6.08 Å². The summed E-state index contributed by atoms with van der Waals surface area (Å²) >= 11 is 1.66. The van der Waals surface area contributed by atoms with Crippen LogP contribution in [0.3, 0.4) is 0 Å². The van der Waals surface area contributed by atoms with Gasteiger partial charge in [0.05, 0.1) is 0 Å². The molecule has 0 spiro atoms. The fraction of sp³-hybridized carbons (Fsp3) is 0.200. The Labute approximate surface area is 147 Å². The number of nitriles is 1. The third-order valence-corrected chi connectivity index (χ3v) is 4.31. The van der Waals surface area contributed by atoms with Crippen LogP contribution in [0, 0.1) is 11.3 Å². The minimum Gasteiger partial charge on any atom is -0.351 e. The van der Waals surface area contributed by atoms with E-state index in [-0.39, 0.29) is 11.5 Å². The second-order valence-electron chi connectivity index (χ2n) is 5.29. The molecule has 0 fully saturated rings. The molecule has 2 rings (SSSR count). The molecule has 0 aliphatic carbocycles. The number of hydrogen-bond donors (Lipinski definition) is 1. The summed E-state index contributed by atoms with van der Waals surface area (Å²) in [4.78, 5) is 13.3. The Morgan fingerprint density at radius 2 is 1.88 bits per heavy atom. The molecule has 3 nitrogen and oxygen atoms in total. The Balaban J connectivity index is 1.86. The van der Waals surface area contributed by atoms with E-state index in [4.69, 9.17) is 0 Å². The van der Waals surface area contributed by atoms with Gasteiger partial charge in [-0.2, -0.15) is 5.26 Å². The maximum absolute atomic E-state index is 12.1. The fourth-order valence-electron chi connectivity index (χ4n) is 2.25. The monoisotopic (exact) mass is 336 g/mol. The number of nitrogens with zero attached hydrogens (tertiary/aromatic N) is 1. The summed E-state index contributed by atoms with van der Waals surface area (Å²) in [7, 11) is 0. The first-order valence-corrected chi connectivity index (χ1v) is 9.03. The molecule has 2 aromatic rings. The molecule has 4 heteroatoms. The summed E-state index contributed by atoms with van der Waals surface area (Å²) in [6, 6.07) is 19.9.